The van der Waals surface area contributed by atoms with E-state index in [1.807, 2.05) is 20.8 Å². The van der Waals surface area contributed by atoms with Gasteiger partial charge in [0.15, 0.2) is 0 Å². The smallest absolute Gasteiger partial charge is 0.308 e. The minimum absolute atomic E-state index is 0.0601. The van der Waals surface area contributed by atoms with Crippen molar-refractivity contribution in [3.63, 3.8) is 0 Å². The van der Waals surface area contributed by atoms with E-state index in [0.29, 0.717) is 6.61 Å². The van der Waals surface area contributed by atoms with Crippen molar-refractivity contribution in [1.29, 1.82) is 0 Å². The molecule has 0 amide bonds. The third kappa shape index (κ3) is 11.5. The van der Waals surface area contributed by atoms with Crippen LogP contribution in [0, 0.1) is 5.92 Å². The first kappa shape index (κ1) is 15.9. The van der Waals surface area contributed by atoms with Crippen LogP contribution >= 0.6 is 0 Å². The average Bonchev–Trinajstić information content (AvgIpc) is 2.19. The van der Waals surface area contributed by atoms with Crippen LogP contribution in [0.4, 0.5) is 0 Å². The molecule has 1 unspecified atom stereocenters. The topological polar surface area (TPSA) is 26.3 Å². The van der Waals surface area contributed by atoms with E-state index in [1.165, 1.54) is 19.3 Å². The summed E-state index contributed by atoms with van der Waals surface area (Å²) in [6.07, 6.45) is 4.94. The molecule has 14 heavy (non-hydrogen) atoms. The molecule has 1 atom stereocenters. The van der Waals surface area contributed by atoms with E-state index in [0.717, 1.165) is 6.42 Å². The minimum Gasteiger partial charge on any atom is -0.466 e. The summed E-state index contributed by atoms with van der Waals surface area (Å²) in [5, 5.41) is 0. The Morgan fingerprint density at radius 2 is 1.64 bits per heavy atom. The lowest BCUT2D eigenvalue weighted by Crippen LogP contribution is -2.13. The van der Waals surface area contributed by atoms with Gasteiger partial charge in [-0.3, -0.25) is 4.79 Å². The van der Waals surface area contributed by atoms with Crippen LogP contribution in [0.3, 0.4) is 0 Å². The minimum atomic E-state index is -0.0833. The summed E-state index contributed by atoms with van der Waals surface area (Å²) in [5.41, 5.74) is 0. The quantitative estimate of drug-likeness (QED) is 0.634. The van der Waals surface area contributed by atoms with Crippen molar-refractivity contribution in [2.75, 3.05) is 6.61 Å². The molecular weight excluding hydrogens is 176 g/mol. The van der Waals surface area contributed by atoms with Crippen LogP contribution in [0.2, 0.25) is 0 Å². The van der Waals surface area contributed by atoms with Crippen LogP contribution in [0.5, 0.6) is 0 Å². The molecule has 0 heterocycles. The standard InChI is InChI=1S/C7H14O2.C5H12/c1-4-6(3)7(8)9-5-2;1-3-5-4-2/h6H,4-5H2,1-3H3;3-5H2,1-2H3. The Bertz CT molecular complexity index is 119. The highest BCUT2D eigenvalue weighted by Crippen LogP contribution is 2.01. The summed E-state index contributed by atoms with van der Waals surface area (Å²) in [7, 11) is 0. The van der Waals surface area contributed by atoms with E-state index < -0.39 is 0 Å². The number of carbonyl (C=O) groups is 1. The van der Waals surface area contributed by atoms with Crippen molar-refractivity contribution >= 4 is 5.97 Å². The van der Waals surface area contributed by atoms with Gasteiger partial charge < -0.3 is 4.74 Å². The van der Waals surface area contributed by atoms with Crippen molar-refractivity contribution in [3.8, 4) is 0 Å². The maximum absolute atomic E-state index is 10.8. The molecule has 2 nitrogen and oxygen atoms in total. The highest BCUT2D eigenvalue weighted by molar-refractivity contribution is 5.71. The fourth-order valence-electron chi connectivity index (χ4n) is 0.805. The first-order valence-corrected chi connectivity index (χ1v) is 5.80. The first-order valence-electron chi connectivity index (χ1n) is 5.80. The van der Waals surface area contributed by atoms with Gasteiger partial charge in [0.25, 0.3) is 0 Å². The highest BCUT2D eigenvalue weighted by Gasteiger charge is 2.09. The number of ether oxygens (including phenoxy) is 1. The second-order valence-electron chi connectivity index (χ2n) is 3.41. The van der Waals surface area contributed by atoms with Gasteiger partial charge in [-0.1, -0.05) is 47.0 Å². The molecule has 0 rings (SSSR count). The lowest BCUT2D eigenvalue weighted by atomic mass is 10.1. The van der Waals surface area contributed by atoms with Gasteiger partial charge in [0.1, 0.15) is 0 Å². The maximum Gasteiger partial charge on any atom is 0.308 e. The summed E-state index contributed by atoms with van der Waals surface area (Å²) in [4.78, 5) is 10.8. The molecule has 0 N–H and O–H groups in total. The van der Waals surface area contributed by atoms with E-state index in [2.05, 4.69) is 13.8 Å². The van der Waals surface area contributed by atoms with Crippen molar-refractivity contribution in [3.05, 3.63) is 0 Å². The molecule has 0 aliphatic rings. The van der Waals surface area contributed by atoms with Gasteiger partial charge in [0.2, 0.25) is 0 Å². The Morgan fingerprint density at radius 3 is 1.86 bits per heavy atom. The Morgan fingerprint density at radius 1 is 1.14 bits per heavy atom. The van der Waals surface area contributed by atoms with E-state index in [-0.39, 0.29) is 11.9 Å². The zero-order chi connectivity index (χ0) is 11.4. The van der Waals surface area contributed by atoms with Gasteiger partial charge in [-0.25, -0.2) is 0 Å². The van der Waals surface area contributed by atoms with Gasteiger partial charge in [0.05, 0.1) is 12.5 Å². The summed E-state index contributed by atoms with van der Waals surface area (Å²) in [6.45, 7) is 10.6. The van der Waals surface area contributed by atoms with Crippen LogP contribution in [0.25, 0.3) is 0 Å². The van der Waals surface area contributed by atoms with Gasteiger partial charge in [-0.2, -0.15) is 0 Å². The van der Waals surface area contributed by atoms with Crippen molar-refractivity contribution < 1.29 is 9.53 Å². The lowest BCUT2D eigenvalue weighted by Gasteiger charge is -2.05. The molecule has 86 valence electrons. The molecule has 0 aromatic heterocycles. The van der Waals surface area contributed by atoms with Crippen LogP contribution in [0.1, 0.15) is 60.3 Å². The molecule has 0 saturated carbocycles. The zero-order valence-electron chi connectivity index (χ0n) is 10.4. The van der Waals surface area contributed by atoms with E-state index in [9.17, 15) is 4.79 Å². The predicted molar refractivity (Wildman–Crippen MR) is 61.3 cm³/mol. The predicted octanol–water partition coefficient (Wildman–Crippen LogP) is 3.79. The van der Waals surface area contributed by atoms with E-state index in [4.69, 9.17) is 4.74 Å². The van der Waals surface area contributed by atoms with Crippen molar-refractivity contribution in [2.45, 2.75) is 60.3 Å². The molecule has 0 saturated heterocycles. The molecule has 0 bridgehead atoms. The number of unbranched alkanes of at least 4 members (excludes halogenated alkanes) is 2. The normalized spacial score (nSPS) is 11.2. The molecule has 0 aliphatic carbocycles. The molecule has 0 fully saturated rings. The number of esters is 1. The average molecular weight is 202 g/mol. The lowest BCUT2D eigenvalue weighted by molar-refractivity contribution is -0.147. The Hall–Kier alpha value is -0.530. The Balaban J connectivity index is 0. The molecule has 0 radical (unpaired) electrons. The van der Waals surface area contributed by atoms with Crippen LogP contribution < -0.4 is 0 Å². The molecule has 0 aliphatic heterocycles. The first-order chi connectivity index (χ1) is 6.63. The fourth-order valence-corrected chi connectivity index (χ4v) is 0.805. The Labute approximate surface area is 89.0 Å². The van der Waals surface area contributed by atoms with Gasteiger partial charge in [-0.05, 0) is 13.3 Å². The number of hydrogen-bond acceptors (Lipinski definition) is 2. The Kier molecular flexibility index (Phi) is 14.2. The summed E-state index contributed by atoms with van der Waals surface area (Å²) >= 11 is 0. The molecule has 2 heteroatoms. The van der Waals surface area contributed by atoms with E-state index in [1.54, 1.807) is 0 Å². The summed E-state index contributed by atoms with van der Waals surface area (Å²) < 4.78 is 4.76. The second-order valence-corrected chi connectivity index (χ2v) is 3.41. The molecular formula is C12H26O2. The summed E-state index contributed by atoms with van der Waals surface area (Å²) in [5.74, 6) is -0.0232. The van der Waals surface area contributed by atoms with E-state index >= 15 is 0 Å². The highest BCUT2D eigenvalue weighted by atomic mass is 16.5. The van der Waals surface area contributed by atoms with Gasteiger partial charge in [0, 0.05) is 0 Å². The van der Waals surface area contributed by atoms with Crippen LogP contribution in [-0.2, 0) is 9.53 Å². The number of hydrogen-bond donors (Lipinski definition) is 0. The summed E-state index contributed by atoms with van der Waals surface area (Å²) in [6, 6.07) is 0. The molecule has 0 aromatic rings. The fraction of sp³-hybridized carbons (Fsp3) is 0.917. The SMILES string of the molecule is CCCCC.CCOC(=O)C(C)CC. The third-order valence-electron chi connectivity index (χ3n) is 2.01. The van der Waals surface area contributed by atoms with Crippen molar-refractivity contribution in [2.24, 2.45) is 5.92 Å². The largest absolute Gasteiger partial charge is 0.466 e. The molecule has 0 spiro atoms. The monoisotopic (exact) mass is 202 g/mol. The number of carbonyl (C=O) groups excluding carboxylic acids is 1. The third-order valence-corrected chi connectivity index (χ3v) is 2.01. The second kappa shape index (κ2) is 12.5. The zero-order valence-corrected chi connectivity index (χ0v) is 10.4. The van der Waals surface area contributed by atoms with Gasteiger partial charge in [-0.15, -0.1) is 0 Å². The van der Waals surface area contributed by atoms with Crippen LogP contribution in [-0.4, -0.2) is 12.6 Å². The van der Waals surface area contributed by atoms with Gasteiger partial charge >= 0.3 is 5.97 Å². The molecule has 0 aromatic carbocycles. The maximum atomic E-state index is 10.8. The number of rotatable bonds is 5. The van der Waals surface area contributed by atoms with Crippen LogP contribution in [0.15, 0.2) is 0 Å². The van der Waals surface area contributed by atoms with Crippen molar-refractivity contribution in [1.82, 2.24) is 0 Å².